The molecule has 0 radical (unpaired) electrons. The normalized spacial score (nSPS) is 10.7. The number of rotatable bonds is 3. The number of aromatic nitrogens is 3. The molecule has 2 aromatic heterocycles. The van der Waals surface area contributed by atoms with Gasteiger partial charge in [-0.25, -0.2) is 0 Å². The van der Waals surface area contributed by atoms with E-state index in [9.17, 15) is 4.79 Å². The summed E-state index contributed by atoms with van der Waals surface area (Å²) < 4.78 is 0. The lowest BCUT2D eigenvalue weighted by Gasteiger charge is -2.01. The third-order valence-electron chi connectivity index (χ3n) is 2.44. The smallest absolute Gasteiger partial charge is 0.154 e. The van der Waals surface area contributed by atoms with Crippen LogP contribution in [0.2, 0.25) is 0 Å². The van der Waals surface area contributed by atoms with Crippen molar-refractivity contribution in [3.05, 3.63) is 35.7 Å². The highest BCUT2D eigenvalue weighted by Crippen LogP contribution is 2.24. The van der Waals surface area contributed by atoms with Crippen molar-refractivity contribution in [1.82, 2.24) is 15.2 Å². The quantitative estimate of drug-likeness (QED) is 0.800. The fourth-order valence-electron chi connectivity index (χ4n) is 1.62. The van der Waals surface area contributed by atoms with Crippen molar-refractivity contribution in [2.75, 3.05) is 0 Å². The van der Waals surface area contributed by atoms with Crippen LogP contribution in [-0.2, 0) is 0 Å². The minimum Gasteiger partial charge on any atom is -0.298 e. The molecule has 0 atom stereocenters. The zero-order valence-corrected chi connectivity index (χ0v) is 9.27. The fourth-order valence-corrected chi connectivity index (χ4v) is 1.62. The minimum atomic E-state index is 0.241. The number of aromatic amines is 1. The number of pyridine rings is 1. The first-order valence-corrected chi connectivity index (χ1v) is 5.19. The lowest BCUT2D eigenvalue weighted by molar-refractivity contribution is 0.112. The Labute approximate surface area is 93.7 Å². The summed E-state index contributed by atoms with van der Waals surface area (Å²) in [5.74, 6) is 0.241. The summed E-state index contributed by atoms with van der Waals surface area (Å²) >= 11 is 0. The van der Waals surface area contributed by atoms with Crippen molar-refractivity contribution < 1.29 is 4.79 Å². The monoisotopic (exact) mass is 215 g/mol. The van der Waals surface area contributed by atoms with E-state index < -0.39 is 0 Å². The predicted octanol–water partition coefficient (Wildman–Crippen LogP) is 2.41. The van der Waals surface area contributed by atoms with Crippen molar-refractivity contribution in [3.8, 4) is 11.4 Å². The van der Waals surface area contributed by atoms with Gasteiger partial charge in [0.15, 0.2) is 6.29 Å². The van der Waals surface area contributed by atoms with Crippen molar-refractivity contribution in [1.29, 1.82) is 0 Å². The average Bonchev–Trinajstić information content (AvgIpc) is 2.73. The van der Waals surface area contributed by atoms with Gasteiger partial charge in [0.1, 0.15) is 5.69 Å². The van der Waals surface area contributed by atoms with Crippen LogP contribution in [0.15, 0.2) is 24.4 Å². The van der Waals surface area contributed by atoms with Gasteiger partial charge < -0.3 is 0 Å². The van der Waals surface area contributed by atoms with Crippen LogP contribution in [0.4, 0.5) is 0 Å². The van der Waals surface area contributed by atoms with Crippen LogP contribution in [0, 0.1) is 0 Å². The number of aldehydes is 1. The lowest BCUT2D eigenvalue weighted by Crippen LogP contribution is -1.94. The molecule has 4 heteroatoms. The molecule has 0 saturated carbocycles. The highest BCUT2D eigenvalue weighted by atomic mass is 16.1. The van der Waals surface area contributed by atoms with E-state index in [4.69, 9.17) is 0 Å². The van der Waals surface area contributed by atoms with Crippen LogP contribution in [0.25, 0.3) is 11.4 Å². The molecule has 82 valence electrons. The largest absolute Gasteiger partial charge is 0.298 e. The van der Waals surface area contributed by atoms with Gasteiger partial charge >= 0.3 is 0 Å². The lowest BCUT2D eigenvalue weighted by atomic mass is 10.0. The molecule has 0 saturated heterocycles. The molecule has 1 N–H and O–H groups in total. The van der Waals surface area contributed by atoms with Crippen LogP contribution in [0.5, 0.6) is 0 Å². The van der Waals surface area contributed by atoms with Crippen molar-refractivity contribution in [2.24, 2.45) is 0 Å². The van der Waals surface area contributed by atoms with Crippen LogP contribution >= 0.6 is 0 Å². The Balaban J connectivity index is 2.55. The zero-order chi connectivity index (χ0) is 11.5. The van der Waals surface area contributed by atoms with E-state index in [1.165, 1.54) is 0 Å². The molecule has 0 amide bonds. The van der Waals surface area contributed by atoms with Gasteiger partial charge in [0.05, 0.1) is 11.3 Å². The summed E-state index contributed by atoms with van der Waals surface area (Å²) in [6, 6.07) is 5.55. The molecule has 0 aromatic carbocycles. The summed E-state index contributed by atoms with van der Waals surface area (Å²) in [6.07, 6.45) is 2.52. The molecule has 0 bridgehead atoms. The Morgan fingerprint density at radius 3 is 2.75 bits per heavy atom. The molecule has 2 heterocycles. The van der Waals surface area contributed by atoms with Crippen LogP contribution in [0.1, 0.15) is 35.8 Å². The molecule has 16 heavy (non-hydrogen) atoms. The summed E-state index contributed by atoms with van der Waals surface area (Å²) in [5.41, 5.74) is 2.80. The van der Waals surface area contributed by atoms with E-state index in [1.807, 2.05) is 32.0 Å². The number of carbonyl (C=O) groups excluding carboxylic acids is 1. The summed E-state index contributed by atoms with van der Waals surface area (Å²) in [7, 11) is 0. The van der Waals surface area contributed by atoms with Gasteiger partial charge in [-0.1, -0.05) is 19.9 Å². The predicted molar refractivity (Wildman–Crippen MR) is 61.3 cm³/mol. The van der Waals surface area contributed by atoms with Crippen molar-refractivity contribution in [2.45, 2.75) is 19.8 Å². The molecular weight excluding hydrogens is 202 g/mol. The Morgan fingerprint density at radius 2 is 2.19 bits per heavy atom. The first kappa shape index (κ1) is 10.5. The van der Waals surface area contributed by atoms with Crippen LogP contribution in [0.3, 0.4) is 0 Å². The zero-order valence-electron chi connectivity index (χ0n) is 9.27. The first-order chi connectivity index (χ1) is 7.74. The molecule has 0 unspecified atom stereocenters. The highest BCUT2D eigenvalue weighted by Gasteiger charge is 2.16. The molecule has 0 aliphatic heterocycles. The molecule has 4 nitrogen and oxygen atoms in total. The van der Waals surface area contributed by atoms with Gasteiger partial charge in [-0.15, -0.1) is 0 Å². The Morgan fingerprint density at radius 1 is 1.38 bits per heavy atom. The SMILES string of the molecule is CC(C)c1[nH]nc(-c2ccccn2)c1C=O. The molecule has 0 fully saturated rings. The number of nitrogens with zero attached hydrogens (tertiary/aromatic N) is 2. The van der Waals surface area contributed by atoms with Gasteiger partial charge in [0.2, 0.25) is 0 Å². The van der Waals surface area contributed by atoms with Gasteiger partial charge in [-0.05, 0) is 18.1 Å². The number of nitrogens with one attached hydrogen (secondary N) is 1. The molecule has 0 aliphatic carbocycles. The Kier molecular flexibility index (Phi) is 2.81. The van der Waals surface area contributed by atoms with Gasteiger partial charge in [-0.2, -0.15) is 5.10 Å². The standard InChI is InChI=1S/C12H13N3O/c1-8(2)11-9(7-16)12(15-14-11)10-5-3-4-6-13-10/h3-8H,1-2H3,(H,14,15). The van der Waals surface area contributed by atoms with E-state index in [0.29, 0.717) is 17.0 Å². The van der Waals surface area contributed by atoms with E-state index in [1.54, 1.807) is 6.20 Å². The second-order valence-corrected chi connectivity index (χ2v) is 3.89. The number of hydrogen-bond acceptors (Lipinski definition) is 3. The summed E-state index contributed by atoms with van der Waals surface area (Å²) in [5, 5.41) is 7.06. The number of hydrogen-bond donors (Lipinski definition) is 1. The van der Waals surface area contributed by atoms with Gasteiger partial charge in [0, 0.05) is 11.9 Å². The molecular formula is C12H13N3O. The summed E-state index contributed by atoms with van der Waals surface area (Å²) in [4.78, 5) is 15.3. The average molecular weight is 215 g/mol. The minimum absolute atomic E-state index is 0.241. The Hall–Kier alpha value is -1.97. The summed E-state index contributed by atoms with van der Waals surface area (Å²) in [6.45, 7) is 4.03. The molecule has 0 spiro atoms. The Bertz CT molecular complexity index is 488. The second kappa shape index (κ2) is 4.26. The van der Waals surface area contributed by atoms with E-state index in [2.05, 4.69) is 15.2 Å². The van der Waals surface area contributed by atoms with Crippen molar-refractivity contribution >= 4 is 6.29 Å². The van der Waals surface area contributed by atoms with Gasteiger partial charge in [-0.3, -0.25) is 14.9 Å². The van der Waals surface area contributed by atoms with Crippen LogP contribution < -0.4 is 0 Å². The topological polar surface area (TPSA) is 58.6 Å². The third-order valence-corrected chi connectivity index (χ3v) is 2.44. The second-order valence-electron chi connectivity index (χ2n) is 3.89. The molecule has 0 aliphatic rings. The van der Waals surface area contributed by atoms with Crippen LogP contribution in [-0.4, -0.2) is 21.5 Å². The number of H-pyrrole nitrogens is 1. The fraction of sp³-hybridized carbons (Fsp3) is 0.250. The van der Waals surface area contributed by atoms with E-state index >= 15 is 0 Å². The third kappa shape index (κ3) is 1.74. The maximum absolute atomic E-state index is 11.1. The van der Waals surface area contributed by atoms with E-state index in [-0.39, 0.29) is 5.92 Å². The number of carbonyl (C=O) groups is 1. The first-order valence-electron chi connectivity index (χ1n) is 5.19. The molecule has 2 aromatic rings. The maximum Gasteiger partial charge on any atom is 0.154 e. The maximum atomic E-state index is 11.1. The molecule has 2 rings (SSSR count). The van der Waals surface area contributed by atoms with Gasteiger partial charge in [0.25, 0.3) is 0 Å². The van der Waals surface area contributed by atoms with Crippen molar-refractivity contribution in [3.63, 3.8) is 0 Å². The van der Waals surface area contributed by atoms with E-state index in [0.717, 1.165) is 12.0 Å². The highest BCUT2D eigenvalue weighted by molar-refractivity contribution is 5.86.